The van der Waals surface area contributed by atoms with E-state index in [1.165, 1.54) is 0 Å². The van der Waals surface area contributed by atoms with E-state index in [-0.39, 0.29) is 30.3 Å². The van der Waals surface area contributed by atoms with E-state index < -0.39 is 0 Å². The van der Waals surface area contributed by atoms with E-state index in [0.717, 1.165) is 28.5 Å². The van der Waals surface area contributed by atoms with Gasteiger partial charge in [-0.25, -0.2) is 0 Å². The summed E-state index contributed by atoms with van der Waals surface area (Å²) in [6, 6.07) is 17.7. The molecule has 152 valence electrons. The molecule has 0 aliphatic heterocycles. The summed E-state index contributed by atoms with van der Waals surface area (Å²) in [5, 5.41) is 3.99. The van der Waals surface area contributed by atoms with E-state index in [1.807, 2.05) is 68.6 Å². The van der Waals surface area contributed by atoms with Crippen molar-refractivity contribution in [1.82, 2.24) is 10.3 Å². The van der Waals surface area contributed by atoms with Gasteiger partial charge in [-0.1, -0.05) is 68.8 Å². The number of para-hydroxylation sites is 1. The van der Waals surface area contributed by atoms with Gasteiger partial charge < -0.3 is 15.0 Å². The molecule has 0 fully saturated rings. The molecule has 0 unspecified atom stereocenters. The Bertz CT molecular complexity index is 949. The zero-order chi connectivity index (χ0) is 20.6. The molecule has 0 bridgehead atoms. The fourth-order valence-corrected chi connectivity index (χ4v) is 3.55. The van der Waals surface area contributed by atoms with Gasteiger partial charge in [0.2, 0.25) is 0 Å². The molecule has 1 aromatic heterocycles. The van der Waals surface area contributed by atoms with E-state index in [1.54, 1.807) is 0 Å². The topological polar surface area (TPSA) is 71.2 Å². The van der Waals surface area contributed by atoms with Crippen molar-refractivity contribution in [3.8, 4) is 0 Å². The monoisotopic (exact) mass is 392 g/mol. The number of aromatic amines is 1. The van der Waals surface area contributed by atoms with Crippen LogP contribution < -0.4 is 5.32 Å². The number of esters is 1. The van der Waals surface area contributed by atoms with Crippen molar-refractivity contribution in [2.24, 2.45) is 5.92 Å². The minimum atomic E-state index is -0.361. The Balaban J connectivity index is 1.49. The van der Waals surface area contributed by atoms with Crippen LogP contribution in [0.4, 0.5) is 0 Å². The molecule has 5 nitrogen and oxygen atoms in total. The molecule has 1 amide bonds. The second-order valence-corrected chi connectivity index (χ2v) is 7.34. The number of aromatic nitrogens is 1. The lowest BCUT2D eigenvalue weighted by Gasteiger charge is -2.21. The number of rotatable bonds is 9. The number of carbonyl (C=O) groups is 2. The molecule has 0 radical (unpaired) electrons. The van der Waals surface area contributed by atoms with Crippen LogP contribution in [0.25, 0.3) is 10.9 Å². The summed E-state index contributed by atoms with van der Waals surface area (Å²) >= 11 is 0. The van der Waals surface area contributed by atoms with Crippen molar-refractivity contribution < 1.29 is 14.3 Å². The van der Waals surface area contributed by atoms with E-state index in [4.69, 9.17) is 4.74 Å². The van der Waals surface area contributed by atoms with Crippen LogP contribution >= 0.6 is 0 Å². The summed E-state index contributed by atoms with van der Waals surface area (Å²) in [5.41, 5.74) is 3.16. The Kier molecular flexibility index (Phi) is 7.06. The summed E-state index contributed by atoms with van der Waals surface area (Å²) in [4.78, 5) is 28.0. The van der Waals surface area contributed by atoms with Crippen molar-refractivity contribution in [2.75, 3.05) is 13.2 Å². The Hall–Kier alpha value is -3.08. The van der Waals surface area contributed by atoms with Crippen LogP contribution in [-0.2, 0) is 20.7 Å². The second kappa shape index (κ2) is 9.92. The third kappa shape index (κ3) is 5.25. The Morgan fingerprint density at radius 2 is 1.79 bits per heavy atom. The number of amides is 1. The molecule has 2 N–H and O–H groups in total. The van der Waals surface area contributed by atoms with Gasteiger partial charge in [0.05, 0.1) is 5.92 Å². The quantitative estimate of drug-likeness (QED) is 0.536. The SMILES string of the molecule is CC[C@@H](C)[C@H](C(=O)OCC(=O)NCCc1c[nH]c2ccccc12)c1ccccc1. The van der Waals surface area contributed by atoms with Crippen LogP contribution in [0.5, 0.6) is 0 Å². The van der Waals surface area contributed by atoms with Crippen LogP contribution in [0, 0.1) is 5.92 Å². The van der Waals surface area contributed by atoms with Gasteiger partial charge in [0.25, 0.3) is 5.91 Å². The van der Waals surface area contributed by atoms with Gasteiger partial charge in [-0.15, -0.1) is 0 Å². The molecule has 0 spiro atoms. The fourth-order valence-electron chi connectivity index (χ4n) is 3.55. The summed E-state index contributed by atoms with van der Waals surface area (Å²) in [6.45, 7) is 4.31. The Labute approximate surface area is 171 Å². The van der Waals surface area contributed by atoms with Gasteiger partial charge in [0.1, 0.15) is 0 Å². The van der Waals surface area contributed by atoms with Crippen molar-refractivity contribution in [2.45, 2.75) is 32.6 Å². The predicted molar refractivity (Wildman–Crippen MR) is 115 cm³/mol. The molecule has 0 aliphatic rings. The van der Waals surface area contributed by atoms with Gasteiger partial charge in [-0.2, -0.15) is 0 Å². The van der Waals surface area contributed by atoms with Gasteiger partial charge in [-0.3, -0.25) is 9.59 Å². The normalized spacial score (nSPS) is 13.0. The van der Waals surface area contributed by atoms with Crippen LogP contribution in [-0.4, -0.2) is 30.0 Å². The molecule has 2 atom stereocenters. The number of ether oxygens (including phenoxy) is 1. The van der Waals surface area contributed by atoms with Crippen molar-refractivity contribution in [3.63, 3.8) is 0 Å². The minimum absolute atomic E-state index is 0.134. The highest BCUT2D eigenvalue weighted by Crippen LogP contribution is 2.28. The summed E-state index contributed by atoms with van der Waals surface area (Å²) < 4.78 is 5.34. The molecule has 2 aromatic carbocycles. The predicted octanol–water partition coefficient (Wildman–Crippen LogP) is 4.20. The maximum absolute atomic E-state index is 12.6. The first-order valence-electron chi connectivity index (χ1n) is 10.1. The summed E-state index contributed by atoms with van der Waals surface area (Å²) in [5.74, 6) is -0.860. The molecule has 5 heteroatoms. The van der Waals surface area contributed by atoms with Gasteiger partial charge in [0, 0.05) is 23.6 Å². The lowest BCUT2D eigenvalue weighted by molar-refractivity contribution is -0.151. The van der Waals surface area contributed by atoms with Crippen LogP contribution in [0.3, 0.4) is 0 Å². The molecule has 0 aliphatic carbocycles. The average molecular weight is 392 g/mol. The molecule has 29 heavy (non-hydrogen) atoms. The number of fused-ring (bicyclic) bond motifs is 1. The van der Waals surface area contributed by atoms with Crippen molar-refractivity contribution in [3.05, 3.63) is 71.9 Å². The van der Waals surface area contributed by atoms with Crippen LogP contribution in [0.15, 0.2) is 60.8 Å². The second-order valence-electron chi connectivity index (χ2n) is 7.34. The average Bonchev–Trinajstić information content (AvgIpc) is 3.16. The highest BCUT2D eigenvalue weighted by Gasteiger charge is 2.27. The number of hydrogen-bond donors (Lipinski definition) is 2. The van der Waals surface area contributed by atoms with Crippen LogP contribution in [0.1, 0.15) is 37.3 Å². The van der Waals surface area contributed by atoms with Gasteiger partial charge in [0.15, 0.2) is 6.61 Å². The maximum Gasteiger partial charge on any atom is 0.314 e. The first kappa shape index (κ1) is 20.6. The number of hydrogen-bond acceptors (Lipinski definition) is 3. The van der Waals surface area contributed by atoms with Gasteiger partial charge >= 0.3 is 5.97 Å². The number of benzene rings is 2. The third-order valence-electron chi connectivity index (χ3n) is 5.36. The van der Waals surface area contributed by atoms with Crippen LogP contribution in [0.2, 0.25) is 0 Å². The first-order chi connectivity index (χ1) is 14.1. The van der Waals surface area contributed by atoms with E-state index in [2.05, 4.69) is 16.4 Å². The van der Waals surface area contributed by atoms with Gasteiger partial charge in [-0.05, 0) is 29.5 Å². The fraction of sp³-hybridized carbons (Fsp3) is 0.333. The lowest BCUT2D eigenvalue weighted by atomic mass is 9.86. The Morgan fingerprint density at radius 1 is 1.07 bits per heavy atom. The molecule has 3 rings (SSSR count). The molecule has 1 heterocycles. The minimum Gasteiger partial charge on any atom is -0.455 e. The molecule has 3 aromatic rings. The number of H-pyrrole nitrogens is 1. The smallest absolute Gasteiger partial charge is 0.314 e. The zero-order valence-corrected chi connectivity index (χ0v) is 17.0. The molecule has 0 saturated heterocycles. The molecular formula is C24H28N2O3. The highest BCUT2D eigenvalue weighted by molar-refractivity contribution is 5.84. The maximum atomic E-state index is 12.6. The Morgan fingerprint density at radius 3 is 2.55 bits per heavy atom. The summed E-state index contributed by atoms with van der Waals surface area (Å²) in [6.07, 6.45) is 3.53. The third-order valence-corrected chi connectivity index (χ3v) is 5.36. The molecule has 0 saturated carbocycles. The zero-order valence-electron chi connectivity index (χ0n) is 17.0. The lowest BCUT2D eigenvalue weighted by Crippen LogP contribution is -2.32. The van der Waals surface area contributed by atoms with Crippen molar-refractivity contribution >= 4 is 22.8 Å². The molecular weight excluding hydrogens is 364 g/mol. The van der Waals surface area contributed by atoms with E-state index in [0.29, 0.717) is 13.0 Å². The first-order valence-corrected chi connectivity index (χ1v) is 10.1. The largest absolute Gasteiger partial charge is 0.455 e. The number of carbonyl (C=O) groups excluding carboxylic acids is 2. The van der Waals surface area contributed by atoms with Crippen molar-refractivity contribution in [1.29, 1.82) is 0 Å². The highest BCUT2D eigenvalue weighted by atomic mass is 16.5. The number of nitrogens with one attached hydrogen (secondary N) is 2. The summed E-state index contributed by atoms with van der Waals surface area (Å²) in [7, 11) is 0. The standard InChI is InChI=1S/C24H28N2O3/c1-3-17(2)23(18-9-5-4-6-10-18)24(28)29-16-22(27)25-14-13-19-15-26-21-12-8-7-11-20(19)21/h4-12,15,17,23,26H,3,13-14,16H2,1-2H3,(H,25,27)/t17-,23+/m1/s1. The van der Waals surface area contributed by atoms with E-state index in [9.17, 15) is 9.59 Å². The van der Waals surface area contributed by atoms with E-state index >= 15 is 0 Å².